The van der Waals surface area contributed by atoms with Crippen LogP contribution in [0.2, 0.25) is 0 Å². The number of nitrogens with zero attached hydrogens (tertiary/aromatic N) is 3. The highest BCUT2D eigenvalue weighted by molar-refractivity contribution is 7.99. The number of benzene rings is 1. The fraction of sp³-hybridized carbons (Fsp3) is 0.316. The molecule has 130 valence electrons. The third kappa shape index (κ3) is 3.69. The number of hydrogen-bond acceptors (Lipinski definition) is 4. The summed E-state index contributed by atoms with van der Waals surface area (Å²) in [7, 11) is 1.97. The number of nitrogens with one attached hydrogen (secondary N) is 1. The van der Waals surface area contributed by atoms with E-state index in [2.05, 4.69) is 34.2 Å². The minimum Gasteiger partial charge on any atom is -0.351 e. The van der Waals surface area contributed by atoms with Gasteiger partial charge in [-0.2, -0.15) is 0 Å². The smallest absolute Gasteiger partial charge is 0.209 e. The number of aromatic nitrogens is 4. The standard InChI is InChI=1S/C19H22N4OS/c1-5-14-6-8-15(9-7-14)18-20-19(22-21-18)25-11-17(24)16-10-12(2)23(4)13(16)3/h6-10H,5,11H2,1-4H3,(H,20,21,22). The molecule has 0 radical (unpaired) electrons. The second kappa shape index (κ2) is 7.27. The lowest BCUT2D eigenvalue weighted by Gasteiger charge is -2.01. The Kier molecular flexibility index (Phi) is 5.08. The summed E-state index contributed by atoms with van der Waals surface area (Å²) in [5.74, 6) is 1.16. The van der Waals surface area contributed by atoms with Crippen LogP contribution in [0.25, 0.3) is 11.4 Å². The van der Waals surface area contributed by atoms with E-state index in [0.717, 1.165) is 34.8 Å². The van der Waals surface area contributed by atoms with Gasteiger partial charge in [-0.15, -0.1) is 5.10 Å². The summed E-state index contributed by atoms with van der Waals surface area (Å²) in [5, 5.41) is 7.76. The first-order valence-corrected chi connectivity index (χ1v) is 9.28. The van der Waals surface area contributed by atoms with Crippen molar-refractivity contribution in [2.24, 2.45) is 7.05 Å². The maximum absolute atomic E-state index is 12.5. The van der Waals surface area contributed by atoms with Crippen LogP contribution in [0, 0.1) is 13.8 Å². The molecule has 3 aromatic rings. The van der Waals surface area contributed by atoms with Gasteiger partial charge in [-0.3, -0.25) is 9.89 Å². The van der Waals surface area contributed by atoms with Gasteiger partial charge in [0, 0.05) is 29.6 Å². The molecule has 0 aliphatic carbocycles. The highest BCUT2D eigenvalue weighted by Crippen LogP contribution is 2.22. The highest BCUT2D eigenvalue weighted by atomic mass is 32.2. The predicted octanol–water partition coefficient (Wildman–Crippen LogP) is 3.96. The Labute approximate surface area is 151 Å². The van der Waals surface area contributed by atoms with Crippen molar-refractivity contribution >= 4 is 17.5 Å². The van der Waals surface area contributed by atoms with Crippen molar-refractivity contribution in [3.63, 3.8) is 0 Å². The molecule has 0 saturated heterocycles. The summed E-state index contributed by atoms with van der Waals surface area (Å²) < 4.78 is 2.03. The Morgan fingerprint density at radius 3 is 2.56 bits per heavy atom. The average molecular weight is 354 g/mol. The molecule has 25 heavy (non-hydrogen) atoms. The first-order valence-electron chi connectivity index (χ1n) is 8.30. The van der Waals surface area contributed by atoms with Gasteiger partial charge < -0.3 is 4.57 Å². The van der Waals surface area contributed by atoms with Crippen LogP contribution in [0.15, 0.2) is 35.5 Å². The third-order valence-electron chi connectivity index (χ3n) is 4.51. The SMILES string of the molecule is CCc1ccc(-c2nc(SCC(=O)c3cc(C)n(C)c3C)n[nH]2)cc1. The molecule has 0 fully saturated rings. The monoisotopic (exact) mass is 354 g/mol. The summed E-state index contributed by atoms with van der Waals surface area (Å²) in [6.07, 6.45) is 1.01. The lowest BCUT2D eigenvalue weighted by atomic mass is 10.1. The van der Waals surface area contributed by atoms with Crippen molar-refractivity contribution in [1.29, 1.82) is 0 Å². The van der Waals surface area contributed by atoms with Gasteiger partial charge in [-0.1, -0.05) is 43.0 Å². The number of aryl methyl sites for hydroxylation is 2. The van der Waals surface area contributed by atoms with Crippen molar-refractivity contribution in [3.05, 3.63) is 52.8 Å². The molecule has 0 aliphatic heterocycles. The largest absolute Gasteiger partial charge is 0.351 e. The highest BCUT2D eigenvalue weighted by Gasteiger charge is 2.15. The number of aromatic amines is 1. The van der Waals surface area contributed by atoms with Crippen LogP contribution in [0.5, 0.6) is 0 Å². The molecule has 0 saturated carbocycles. The first kappa shape index (κ1) is 17.5. The van der Waals surface area contributed by atoms with Gasteiger partial charge in [0.05, 0.1) is 5.75 Å². The molecule has 2 heterocycles. The molecular formula is C19H22N4OS. The lowest BCUT2D eigenvalue weighted by molar-refractivity contribution is 0.102. The van der Waals surface area contributed by atoms with Crippen molar-refractivity contribution in [1.82, 2.24) is 19.7 Å². The Morgan fingerprint density at radius 2 is 1.96 bits per heavy atom. The van der Waals surface area contributed by atoms with Crippen LogP contribution in [-0.4, -0.2) is 31.3 Å². The van der Waals surface area contributed by atoms with Crippen LogP contribution in [0.1, 0.15) is 34.2 Å². The summed E-state index contributed by atoms with van der Waals surface area (Å²) in [6.45, 7) is 6.10. The zero-order valence-electron chi connectivity index (χ0n) is 15.0. The molecule has 0 aliphatic rings. The van der Waals surface area contributed by atoms with Gasteiger partial charge in [0.25, 0.3) is 0 Å². The van der Waals surface area contributed by atoms with Crippen LogP contribution in [0.3, 0.4) is 0 Å². The molecule has 0 unspecified atom stereocenters. The van der Waals surface area contributed by atoms with Crippen molar-refractivity contribution in [3.8, 4) is 11.4 Å². The van der Waals surface area contributed by atoms with E-state index in [1.807, 2.05) is 43.7 Å². The van der Waals surface area contributed by atoms with E-state index in [-0.39, 0.29) is 5.78 Å². The zero-order chi connectivity index (χ0) is 18.0. The summed E-state index contributed by atoms with van der Waals surface area (Å²) in [6, 6.07) is 10.2. The Balaban J connectivity index is 1.67. The van der Waals surface area contributed by atoms with Crippen molar-refractivity contribution in [2.45, 2.75) is 32.3 Å². The molecule has 2 aromatic heterocycles. The topological polar surface area (TPSA) is 63.6 Å². The number of Topliss-reactive ketones (excluding diaryl/α,β-unsaturated/α-hetero) is 1. The maximum atomic E-state index is 12.5. The van der Waals surface area contributed by atoms with Crippen LogP contribution in [0.4, 0.5) is 0 Å². The van der Waals surface area contributed by atoms with Gasteiger partial charge in [0.1, 0.15) is 0 Å². The molecule has 5 nitrogen and oxygen atoms in total. The van der Waals surface area contributed by atoms with E-state index >= 15 is 0 Å². The first-order chi connectivity index (χ1) is 12.0. The van der Waals surface area contributed by atoms with Gasteiger partial charge in [-0.25, -0.2) is 4.98 Å². The number of hydrogen-bond donors (Lipinski definition) is 1. The molecular weight excluding hydrogens is 332 g/mol. The van der Waals surface area contributed by atoms with Gasteiger partial charge in [-0.05, 0) is 31.9 Å². The second-order valence-corrected chi connectivity index (χ2v) is 7.02. The molecule has 0 atom stereocenters. The van der Waals surface area contributed by atoms with Crippen LogP contribution >= 0.6 is 11.8 Å². The van der Waals surface area contributed by atoms with E-state index in [1.165, 1.54) is 17.3 Å². The molecule has 0 amide bonds. The molecule has 3 rings (SSSR count). The number of thioether (sulfide) groups is 1. The lowest BCUT2D eigenvalue weighted by Crippen LogP contribution is -2.04. The molecule has 1 aromatic carbocycles. The molecule has 1 N–H and O–H groups in total. The number of carbonyl (C=O) groups is 1. The van der Waals surface area contributed by atoms with Crippen LogP contribution in [-0.2, 0) is 13.5 Å². The molecule has 0 bridgehead atoms. The number of H-pyrrole nitrogens is 1. The second-order valence-electron chi connectivity index (χ2n) is 6.07. The van der Waals surface area contributed by atoms with Gasteiger partial charge in [0.2, 0.25) is 5.16 Å². The van der Waals surface area contributed by atoms with E-state index < -0.39 is 0 Å². The number of rotatable bonds is 6. The van der Waals surface area contributed by atoms with E-state index in [0.29, 0.717) is 10.9 Å². The zero-order valence-corrected chi connectivity index (χ0v) is 15.8. The normalized spacial score (nSPS) is 11.0. The summed E-state index contributed by atoms with van der Waals surface area (Å²) >= 11 is 1.36. The Bertz CT molecular complexity index is 893. The maximum Gasteiger partial charge on any atom is 0.209 e. The third-order valence-corrected chi connectivity index (χ3v) is 5.36. The molecule has 6 heteroatoms. The van der Waals surface area contributed by atoms with Gasteiger partial charge >= 0.3 is 0 Å². The number of ketones is 1. The summed E-state index contributed by atoms with van der Waals surface area (Å²) in [4.78, 5) is 16.9. The fourth-order valence-corrected chi connectivity index (χ4v) is 3.37. The van der Waals surface area contributed by atoms with Gasteiger partial charge in [0.15, 0.2) is 11.6 Å². The van der Waals surface area contributed by atoms with E-state index in [1.54, 1.807) is 0 Å². The minimum atomic E-state index is 0.102. The Hall–Kier alpha value is -2.34. The van der Waals surface area contributed by atoms with Crippen molar-refractivity contribution in [2.75, 3.05) is 5.75 Å². The van der Waals surface area contributed by atoms with E-state index in [9.17, 15) is 4.79 Å². The predicted molar refractivity (Wildman–Crippen MR) is 101 cm³/mol. The quantitative estimate of drug-likeness (QED) is 0.537. The fourth-order valence-electron chi connectivity index (χ4n) is 2.68. The summed E-state index contributed by atoms with van der Waals surface area (Å²) in [5.41, 5.74) is 5.14. The van der Waals surface area contributed by atoms with Crippen molar-refractivity contribution < 1.29 is 4.79 Å². The van der Waals surface area contributed by atoms with Crippen LogP contribution < -0.4 is 0 Å². The van der Waals surface area contributed by atoms with E-state index in [4.69, 9.17) is 0 Å². The number of carbonyl (C=O) groups excluding carboxylic acids is 1. The average Bonchev–Trinajstić information content (AvgIpc) is 3.20. The minimum absolute atomic E-state index is 0.102. The Morgan fingerprint density at radius 1 is 1.24 bits per heavy atom. The molecule has 0 spiro atoms.